The van der Waals surface area contributed by atoms with Crippen LogP contribution in [0.4, 0.5) is 10.5 Å². The topological polar surface area (TPSA) is 87.7 Å². The smallest absolute Gasteiger partial charge is 0.407 e. The molecule has 158 valence electrons. The lowest BCUT2D eigenvalue weighted by Gasteiger charge is -2.18. The predicted molar refractivity (Wildman–Crippen MR) is 119 cm³/mol. The highest BCUT2D eigenvalue weighted by Gasteiger charge is 2.29. The van der Waals surface area contributed by atoms with Crippen LogP contribution in [-0.2, 0) is 9.53 Å². The molecule has 0 spiro atoms. The zero-order valence-electron chi connectivity index (χ0n) is 17.2. The van der Waals surface area contributed by atoms with Crippen molar-refractivity contribution in [3.63, 3.8) is 0 Å². The van der Waals surface area contributed by atoms with Gasteiger partial charge in [0.05, 0.1) is 6.04 Å². The molecule has 3 aromatic rings. The minimum Gasteiger partial charge on any atom is -0.480 e. The van der Waals surface area contributed by atoms with E-state index in [0.29, 0.717) is 5.69 Å². The van der Waals surface area contributed by atoms with Gasteiger partial charge in [0, 0.05) is 11.6 Å². The fraction of sp³-hybridized carbons (Fsp3) is 0.200. The van der Waals surface area contributed by atoms with E-state index in [1.165, 1.54) is 22.3 Å². The van der Waals surface area contributed by atoms with Gasteiger partial charge < -0.3 is 20.5 Å². The number of carbonyl (C=O) groups excluding carboxylic acids is 1. The summed E-state index contributed by atoms with van der Waals surface area (Å²) in [5.41, 5.74) is 6.34. The fourth-order valence-electron chi connectivity index (χ4n) is 3.97. The summed E-state index contributed by atoms with van der Waals surface area (Å²) in [6.07, 6.45) is -0.470. The Morgan fingerprint density at radius 2 is 1.52 bits per heavy atom. The molecule has 0 saturated carbocycles. The van der Waals surface area contributed by atoms with Crippen LogP contribution in [0.2, 0.25) is 0 Å². The standard InChI is InChI=1S/C25H24N2O4/c1-16(17-10-12-18(13-11-17)26-14-24(28)29)27-25(30)31-15-23-21-8-4-2-6-19(21)20-7-3-5-9-22(20)23/h2-13,16,23,26H,14-15H2,1H3,(H,27,30)(H,28,29). The molecule has 6 nitrogen and oxygen atoms in total. The lowest BCUT2D eigenvalue weighted by molar-refractivity contribution is -0.134. The van der Waals surface area contributed by atoms with Crippen LogP contribution in [0.5, 0.6) is 0 Å². The predicted octanol–water partition coefficient (Wildman–Crippen LogP) is 4.78. The zero-order chi connectivity index (χ0) is 21.8. The number of carbonyl (C=O) groups is 2. The van der Waals surface area contributed by atoms with E-state index in [0.717, 1.165) is 5.56 Å². The van der Waals surface area contributed by atoms with Gasteiger partial charge in [-0.25, -0.2) is 4.79 Å². The van der Waals surface area contributed by atoms with Crippen LogP contribution in [-0.4, -0.2) is 30.3 Å². The number of alkyl carbamates (subject to hydrolysis) is 1. The number of ether oxygens (including phenoxy) is 1. The van der Waals surface area contributed by atoms with Gasteiger partial charge in [-0.05, 0) is 46.9 Å². The summed E-state index contributed by atoms with van der Waals surface area (Å²) in [5, 5.41) is 14.4. The van der Waals surface area contributed by atoms with Gasteiger partial charge in [-0.2, -0.15) is 0 Å². The van der Waals surface area contributed by atoms with Crippen molar-refractivity contribution in [3.05, 3.63) is 89.5 Å². The Bertz CT molecular complexity index is 1050. The SMILES string of the molecule is CC(NC(=O)OCC1c2ccccc2-c2ccccc21)c1ccc(NCC(=O)O)cc1. The van der Waals surface area contributed by atoms with Gasteiger partial charge in [0.25, 0.3) is 0 Å². The quantitative estimate of drug-likeness (QED) is 0.516. The molecule has 0 fully saturated rings. The Kier molecular flexibility index (Phi) is 5.89. The minimum atomic E-state index is -0.922. The number of benzene rings is 3. The van der Waals surface area contributed by atoms with Crippen LogP contribution in [0, 0.1) is 0 Å². The maximum atomic E-state index is 12.4. The van der Waals surface area contributed by atoms with Crippen molar-refractivity contribution >= 4 is 17.7 Å². The molecule has 4 rings (SSSR count). The summed E-state index contributed by atoms with van der Waals surface area (Å²) < 4.78 is 5.59. The van der Waals surface area contributed by atoms with Crippen molar-refractivity contribution < 1.29 is 19.4 Å². The summed E-state index contributed by atoms with van der Waals surface area (Å²) in [6, 6.07) is 23.5. The lowest BCUT2D eigenvalue weighted by Crippen LogP contribution is -2.28. The van der Waals surface area contributed by atoms with Gasteiger partial charge >= 0.3 is 12.1 Å². The largest absolute Gasteiger partial charge is 0.480 e. The molecule has 3 aromatic carbocycles. The number of nitrogens with one attached hydrogen (secondary N) is 2. The van der Waals surface area contributed by atoms with Crippen LogP contribution in [0.3, 0.4) is 0 Å². The van der Waals surface area contributed by atoms with Crippen LogP contribution in [0.15, 0.2) is 72.8 Å². The van der Waals surface area contributed by atoms with Gasteiger partial charge in [-0.15, -0.1) is 0 Å². The second-order valence-corrected chi connectivity index (χ2v) is 7.56. The van der Waals surface area contributed by atoms with Crippen LogP contribution in [0.25, 0.3) is 11.1 Å². The average Bonchev–Trinajstić information content (AvgIpc) is 3.10. The van der Waals surface area contributed by atoms with E-state index in [2.05, 4.69) is 34.9 Å². The Morgan fingerprint density at radius 1 is 0.935 bits per heavy atom. The summed E-state index contributed by atoms with van der Waals surface area (Å²) in [6.45, 7) is 2.00. The number of hydrogen-bond acceptors (Lipinski definition) is 4. The van der Waals surface area contributed by atoms with Gasteiger partial charge in [-0.1, -0.05) is 60.7 Å². The van der Waals surface area contributed by atoms with Crippen molar-refractivity contribution in [3.8, 4) is 11.1 Å². The summed E-state index contributed by atoms with van der Waals surface area (Å²) in [5.74, 6) is -0.901. The third kappa shape index (κ3) is 4.53. The monoisotopic (exact) mass is 416 g/mol. The highest BCUT2D eigenvalue weighted by atomic mass is 16.5. The number of rotatable bonds is 7. The van der Waals surface area contributed by atoms with Gasteiger partial charge in [0.1, 0.15) is 13.2 Å². The molecule has 6 heteroatoms. The molecule has 0 aliphatic heterocycles. The summed E-state index contributed by atoms with van der Waals surface area (Å²) in [4.78, 5) is 23.1. The molecular weight excluding hydrogens is 392 g/mol. The molecule has 1 amide bonds. The molecule has 0 heterocycles. The maximum absolute atomic E-state index is 12.4. The number of aliphatic carboxylic acids is 1. The number of fused-ring (bicyclic) bond motifs is 3. The van der Waals surface area contributed by atoms with E-state index in [1.54, 1.807) is 12.1 Å². The van der Waals surface area contributed by atoms with E-state index in [-0.39, 0.29) is 25.1 Å². The van der Waals surface area contributed by atoms with Crippen LogP contribution in [0.1, 0.15) is 35.6 Å². The number of hydrogen-bond donors (Lipinski definition) is 3. The first-order valence-corrected chi connectivity index (χ1v) is 10.2. The van der Waals surface area contributed by atoms with Crippen LogP contribution >= 0.6 is 0 Å². The fourth-order valence-corrected chi connectivity index (χ4v) is 3.97. The molecule has 3 N–H and O–H groups in total. The van der Waals surface area contributed by atoms with Crippen molar-refractivity contribution in [2.75, 3.05) is 18.5 Å². The highest BCUT2D eigenvalue weighted by Crippen LogP contribution is 2.44. The van der Waals surface area contributed by atoms with Gasteiger partial charge in [0.15, 0.2) is 0 Å². The molecule has 31 heavy (non-hydrogen) atoms. The Balaban J connectivity index is 1.36. The second-order valence-electron chi connectivity index (χ2n) is 7.56. The molecular formula is C25H24N2O4. The third-order valence-electron chi connectivity index (χ3n) is 5.53. The van der Waals surface area contributed by atoms with Crippen molar-refractivity contribution in [1.82, 2.24) is 5.32 Å². The Morgan fingerprint density at radius 3 is 2.10 bits per heavy atom. The lowest BCUT2D eigenvalue weighted by atomic mass is 9.98. The highest BCUT2D eigenvalue weighted by molar-refractivity contribution is 5.79. The molecule has 0 saturated heterocycles. The number of amides is 1. The van der Waals surface area contributed by atoms with Crippen LogP contribution < -0.4 is 10.6 Å². The third-order valence-corrected chi connectivity index (χ3v) is 5.53. The molecule has 0 aromatic heterocycles. The Labute approximate surface area is 180 Å². The van der Waals surface area contributed by atoms with Crippen molar-refractivity contribution in [2.24, 2.45) is 0 Å². The van der Waals surface area contributed by atoms with E-state index < -0.39 is 12.1 Å². The summed E-state index contributed by atoms with van der Waals surface area (Å²) >= 11 is 0. The first-order valence-electron chi connectivity index (χ1n) is 10.2. The summed E-state index contributed by atoms with van der Waals surface area (Å²) in [7, 11) is 0. The van der Waals surface area contributed by atoms with Gasteiger partial charge in [-0.3, -0.25) is 4.79 Å². The number of anilines is 1. The first-order chi connectivity index (χ1) is 15.0. The van der Waals surface area contributed by atoms with E-state index in [9.17, 15) is 9.59 Å². The first kappa shape index (κ1) is 20.5. The molecule has 1 aliphatic carbocycles. The molecule has 0 radical (unpaired) electrons. The van der Waals surface area contributed by atoms with E-state index in [4.69, 9.17) is 9.84 Å². The van der Waals surface area contributed by atoms with Crippen molar-refractivity contribution in [1.29, 1.82) is 0 Å². The molecule has 1 aliphatic rings. The minimum absolute atomic E-state index is 0.0213. The molecule has 1 unspecified atom stereocenters. The normalized spacial score (nSPS) is 13.1. The molecule has 1 atom stereocenters. The van der Waals surface area contributed by atoms with E-state index >= 15 is 0 Å². The van der Waals surface area contributed by atoms with E-state index in [1.807, 2.05) is 43.3 Å². The maximum Gasteiger partial charge on any atom is 0.407 e. The average molecular weight is 416 g/mol. The van der Waals surface area contributed by atoms with Gasteiger partial charge in [0.2, 0.25) is 0 Å². The second kappa shape index (κ2) is 8.92. The Hall–Kier alpha value is -3.80. The molecule has 0 bridgehead atoms. The number of carboxylic acid groups (broad SMARTS) is 1. The number of carboxylic acids is 1. The van der Waals surface area contributed by atoms with Crippen molar-refractivity contribution in [2.45, 2.75) is 18.9 Å². The zero-order valence-corrected chi connectivity index (χ0v) is 17.2.